The second kappa shape index (κ2) is 6.74. The third-order valence-corrected chi connectivity index (χ3v) is 4.05. The molecule has 0 saturated carbocycles. The molecule has 0 radical (unpaired) electrons. The predicted octanol–water partition coefficient (Wildman–Crippen LogP) is 2.09. The third-order valence-electron chi connectivity index (χ3n) is 4.05. The Morgan fingerprint density at radius 3 is 2.95 bits per heavy atom. The van der Waals surface area contributed by atoms with Crippen LogP contribution >= 0.6 is 0 Å². The Morgan fingerprint density at radius 1 is 1.50 bits per heavy atom. The van der Waals surface area contributed by atoms with Crippen LogP contribution in [0, 0.1) is 11.3 Å². The summed E-state index contributed by atoms with van der Waals surface area (Å²) in [6.45, 7) is 3.12. The number of nitrogens with zero attached hydrogens (tertiary/aromatic N) is 3. The summed E-state index contributed by atoms with van der Waals surface area (Å²) in [6, 6.07) is 8.39. The van der Waals surface area contributed by atoms with Crippen LogP contribution in [0.5, 0.6) is 5.75 Å². The zero-order valence-corrected chi connectivity index (χ0v) is 12.6. The first-order valence-electron chi connectivity index (χ1n) is 7.10. The van der Waals surface area contributed by atoms with Gasteiger partial charge in [-0.15, -0.1) is 0 Å². The van der Waals surface area contributed by atoms with Gasteiger partial charge in [0.05, 0.1) is 18.7 Å². The zero-order chi connectivity index (χ0) is 14.5. The summed E-state index contributed by atoms with van der Waals surface area (Å²) in [7, 11) is 6.01. The highest BCUT2D eigenvalue weighted by molar-refractivity contribution is 5.42. The quantitative estimate of drug-likeness (QED) is 0.842. The van der Waals surface area contributed by atoms with Crippen molar-refractivity contribution in [2.45, 2.75) is 25.4 Å². The molecule has 0 bridgehead atoms. The normalized spacial score (nSPS) is 19.9. The van der Waals surface area contributed by atoms with Gasteiger partial charge in [0, 0.05) is 24.7 Å². The van der Waals surface area contributed by atoms with Crippen molar-refractivity contribution in [3.63, 3.8) is 0 Å². The van der Waals surface area contributed by atoms with E-state index in [2.05, 4.69) is 30.0 Å². The van der Waals surface area contributed by atoms with Gasteiger partial charge in [0.2, 0.25) is 0 Å². The van der Waals surface area contributed by atoms with E-state index in [0.717, 1.165) is 24.4 Å². The van der Waals surface area contributed by atoms with E-state index in [1.807, 2.05) is 12.1 Å². The summed E-state index contributed by atoms with van der Waals surface area (Å²) in [5, 5.41) is 9.03. The predicted molar refractivity (Wildman–Crippen MR) is 79.7 cm³/mol. The highest BCUT2D eigenvalue weighted by Gasteiger charge is 2.21. The summed E-state index contributed by atoms with van der Waals surface area (Å²) in [5.41, 5.74) is 1.78. The maximum atomic E-state index is 9.03. The lowest BCUT2D eigenvalue weighted by atomic mass is 10.0. The van der Waals surface area contributed by atoms with Crippen molar-refractivity contribution in [3.05, 3.63) is 29.3 Å². The Morgan fingerprint density at radius 2 is 2.30 bits per heavy atom. The van der Waals surface area contributed by atoms with Crippen LogP contribution in [0.15, 0.2) is 18.2 Å². The Kier molecular flexibility index (Phi) is 4.99. The van der Waals surface area contributed by atoms with E-state index >= 15 is 0 Å². The van der Waals surface area contributed by atoms with Crippen molar-refractivity contribution in [2.24, 2.45) is 0 Å². The first-order chi connectivity index (χ1) is 9.63. The maximum absolute atomic E-state index is 9.03. The zero-order valence-electron chi connectivity index (χ0n) is 12.6. The number of nitriles is 1. The molecule has 1 saturated heterocycles. The van der Waals surface area contributed by atoms with Gasteiger partial charge < -0.3 is 9.64 Å². The van der Waals surface area contributed by atoms with Crippen molar-refractivity contribution >= 4 is 0 Å². The fraction of sp³-hybridized carbons (Fsp3) is 0.562. The third kappa shape index (κ3) is 3.50. The number of hydrogen-bond acceptors (Lipinski definition) is 4. The number of methoxy groups -OCH3 is 1. The summed E-state index contributed by atoms with van der Waals surface area (Å²) >= 11 is 0. The van der Waals surface area contributed by atoms with E-state index in [-0.39, 0.29) is 0 Å². The number of rotatable bonds is 4. The van der Waals surface area contributed by atoms with Crippen LogP contribution in [0.3, 0.4) is 0 Å². The van der Waals surface area contributed by atoms with E-state index < -0.39 is 0 Å². The van der Waals surface area contributed by atoms with Crippen LogP contribution in [-0.4, -0.2) is 50.1 Å². The molecule has 1 heterocycles. The van der Waals surface area contributed by atoms with Crippen molar-refractivity contribution in [1.82, 2.24) is 9.80 Å². The largest absolute Gasteiger partial charge is 0.496 e. The van der Waals surface area contributed by atoms with Gasteiger partial charge in [0.1, 0.15) is 5.75 Å². The molecule has 1 unspecified atom stereocenters. The Labute approximate surface area is 121 Å². The van der Waals surface area contributed by atoms with E-state index in [0.29, 0.717) is 11.6 Å². The van der Waals surface area contributed by atoms with Crippen LogP contribution in [-0.2, 0) is 6.54 Å². The molecule has 0 spiro atoms. The first kappa shape index (κ1) is 14.8. The molecule has 0 N–H and O–H groups in total. The Bertz CT molecular complexity index is 495. The van der Waals surface area contributed by atoms with Crippen molar-refractivity contribution < 1.29 is 4.74 Å². The molecule has 1 aromatic rings. The molecule has 0 amide bonds. The van der Waals surface area contributed by atoms with E-state index in [4.69, 9.17) is 10.00 Å². The summed E-state index contributed by atoms with van der Waals surface area (Å²) < 4.78 is 5.41. The highest BCUT2D eigenvalue weighted by atomic mass is 16.5. The smallest absolute Gasteiger partial charge is 0.123 e. The second-order valence-corrected chi connectivity index (χ2v) is 5.61. The lowest BCUT2D eigenvalue weighted by Crippen LogP contribution is -2.44. The number of likely N-dealkylation sites (N-methyl/N-ethyl adjacent to an activating group) is 2. The first-order valence-corrected chi connectivity index (χ1v) is 7.10. The fourth-order valence-electron chi connectivity index (χ4n) is 2.87. The molecular formula is C16H23N3O. The van der Waals surface area contributed by atoms with Crippen LogP contribution in [0.25, 0.3) is 0 Å². The topological polar surface area (TPSA) is 39.5 Å². The van der Waals surface area contributed by atoms with Crippen LogP contribution in [0.1, 0.15) is 24.0 Å². The van der Waals surface area contributed by atoms with E-state index in [9.17, 15) is 0 Å². The molecule has 1 fully saturated rings. The summed E-state index contributed by atoms with van der Waals surface area (Å²) in [5.74, 6) is 0.861. The Balaban J connectivity index is 2.10. The molecule has 1 aromatic carbocycles. The standard InChI is InChI=1S/C16H23N3O/c1-18-8-4-5-15(12-18)19(2)11-14-9-13(10-17)6-7-16(14)20-3/h6-7,9,15H,4-5,8,11-12H2,1-3H3. The SMILES string of the molecule is COc1ccc(C#N)cc1CN(C)C1CCCN(C)C1. The molecule has 4 heteroatoms. The minimum absolute atomic E-state index is 0.573. The molecule has 1 aliphatic rings. The number of ether oxygens (including phenoxy) is 1. The average molecular weight is 273 g/mol. The molecule has 4 nitrogen and oxygen atoms in total. The molecule has 1 aliphatic heterocycles. The molecule has 108 valence electrons. The second-order valence-electron chi connectivity index (χ2n) is 5.61. The van der Waals surface area contributed by atoms with Crippen molar-refractivity contribution in [2.75, 3.05) is 34.3 Å². The summed E-state index contributed by atoms with van der Waals surface area (Å²) in [4.78, 5) is 4.75. The van der Waals surface area contributed by atoms with Crippen LogP contribution < -0.4 is 4.74 Å². The molecular weight excluding hydrogens is 250 g/mol. The van der Waals surface area contributed by atoms with E-state index in [1.54, 1.807) is 13.2 Å². The van der Waals surface area contributed by atoms with Crippen LogP contribution in [0.4, 0.5) is 0 Å². The highest BCUT2D eigenvalue weighted by Crippen LogP contribution is 2.23. The molecule has 0 aliphatic carbocycles. The van der Waals surface area contributed by atoms with Gasteiger partial charge in [-0.1, -0.05) is 0 Å². The lowest BCUT2D eigenvalue weighted by molar-refractivity contribution is 0.128. The van der Waals surface area contributed by atoms with Gasteiger partial charge in [-0.2, -0.15) is 5.26 Å². The van der Waals surface area contributed by atoms with Crippen molar-refractivity contribution in [1.29, 1.82) is 5.26 Å². The maximum Gasteiger partial charge on any atom is 0.123 e. The van der Waals surface area contributed by atoms with Gasteiger partial charge in [-0.05, 0) is 51.7 Å². The number of piperidine rings is 1. The molecule has 20 heavy (non-hydrogen) atoms. The summed E-state index contributed by atoms with van der Waals surface area (Å²) in [6.07, 6.45) is 2.49. The average Bonchev–Trinajstić information content (AvgIpc) is 2.47. The number of likely N-dealkylation sites (tertiary alicyclic amines) is 1. The van der Waals surface area contributed by atoms with Crippen molar-refractivity contribution in [3.8, 4) is 11.8 Å². The number of benzene rings is 1. The molecule has 1 atom stereocenters. The minimum Gasteiger partial charge on any atom is -0.496 e. The Hall–Kier alpha value is -1.57. The minimum atomic E-state index is 0.573. The lowest BCUT2D eigenvalue weighted by Gasteiger charge is -2.36. The van der Waals surface area contributed by atoms with Gasteiger partial charge in [0.15, 0.2) is 0 Å². The molecule has 2 rings (SSSR count). The van der Waals surface area contributed by atoms with Gasteiger partial charge in [0.25, 0.3) is 0 Å². The number of hydrogen-bond donors (Lipinski definition) is 0. The van der Waals surface area contributed by atoms with Gasteiger partial charge in [-0.3, -0.25) is 4.90 Å². The molecule has 0 aromatic heterocycles. The fourth-order valence-corrected chi connectivity index (χ4v) is 2.87. The van der Waals surface area contributed by atoms with E-state index in [1.165, 1.54) is 19.4 Å². The van der Waals surface area contributed by atoms with Gasteiger partial charge in [-0.25, -0.2) is 0 Å². The monoisotopic (exact) mass is 273 g/mol. The van der Waals surface area contributed by atoms with Gasteiger partial charge >= 0.3 is 0 Å². The van der Waals surface area contributed by atoms with Crippen LogP contribution in [0.2, 0.25) is 0 Å².